The van der Waals surface area contributed by atoms with E-state index in [0.29, 0.717) is 6.07 Å². The van der Waals surface area contributed by atoms with Crippen LogP contribution in [0.3, 0.4) is 0 Å². The van der Waals surface area contributed by atoms with Crippen molar-refractivity contribution < 1.29 is 26.3 Å². The van der Waals surface area contributed by atoms with E-state index in [-0.39, 0.29) is 18.0 Å². The number of nitrogen functional groups attached to an aromatic ring is 1. The lowest BCUT2D eigenvalue weighted by Gasteiger charge is -2.14. The Balaban J connectivity index is 3.15. The third kappa shape index (κ3) is 4.90. The Morgan fingerprint density at radius 2 is 2.05 bits per heavy atom. The van der Waals surface area contributed by atoms with Crippen molar-refractivity contribution >= 4 is 21.5 Å². The molecule has 0 heterocycles. The molecule has 0 saturated heterocycles. The topological polar surface area (TPSA) is 105 Å². The molecule has 0 aromatic heterocycles. The van der Waals surface area contributed by atoms with Crippen LogP contribution in [0.5, 0.6) is 0 Å². The standard InChI is InChI=1S/C11H14F3N3O3S/c1-20-4-5-21(18,19)17-7-2-3-8(10(15)16)9(6-7)11(12,13)14/h2-3,6,17H,4-5H2,1H3,(H3,15,16). The summed E-state index contributed by atoms with van der Waals surface area (Å²) in [5.41, 5.74) is 3.13. The number of hydrogen-bond acceptors (Lipinski definition) is 4. The zero-order chi connectivity index (χ0) is 16.3. The van der Waals surface area contributed by atoms with Crippen LogP contribution in [0.25, 0.3) is 0 Å². The molecule has 0 aliphatic carbocycles. The van der Waals surface area contributed by atoms with E-state index in [1.165, 1.54) is 7.11 Å². The molecule has 6 nitrogen and oxygen atoms in total. The van der Waals surface area contributed by atoms with Gasteiger partial charge in [0.25, 0.3) is 0 Å². The fraction of sp³-hybridized carbons (Fsp3) is 0.364. The van der Waals surface area contributed by atoms with Gasteiger partial charge in [0.1, 0.15) is 5.84 Å². The van der Waals surface area contributed by atoms with E-state index in [4.69, 9.17) is 11.1 Å². The molecule has 0 aliphatic rings. The van der Waals surface area contributed by atoms with Gasteiger partial charge in [0, 0.05) is 18.4 Å². The fourth-order valence-electron chi connectivity index (χ4n) is 1.50. The van der Waals surface area contributed by atoms with Crippen molar-refractivity contribution in [2.45, 2.75) is 6.18 Å². The number of nitrogens with two attached hydrogens (primary N) is 1. The van der Waals surface area contributed by atoms with E-state index >= 15 is 0 Å². The van der Waals surface area contributed by atoms with Crippen LogP contribution in [0.15, 0.2) is 18.2 Å². The highest BCUT2D eigenvalue weighted by Crippen LogP contribution is 2.33. The smallest absolute Gasteiger partial charge is 0.384 e. The van der Waals surface area contributed by atoms with Gasteiger partial charge in [0.05, 0.1) is 17.9 Å². The fourth-order valence-corrected chi connectivity index (χ4v) is 2.47. The molecular weight excluding hydrogens is 311 g/mol. The van der Waals surface area contributed by atoms with Crippen molar-refractivity contribution in [3.05, 3.63) is 29.3 Å². The maximum Gasteiger partial charge on any atom is 0.417 e. The van der Waals surface area contributed by atoms with Gasteiger partial charge >= 0.3 is 6.18 Å². The van der Waals surface area contributed by atoms with Crippen LogP contribution in [-0.2, 0) is 20.9 Å². The second-order valence-electron chi connectivity index (χ2n) is 4.09. The molecule has 1 rings (SSSR count). The Hall–Kier alpha value is -1.81. The van der Waals surface area contributed by atoms with Gasteiger partial charge in [-0.2, -0.15) is 13.2 Å². The van der Waals surface area contributed by atoms with Crippen molar-refractivity contribution in [3.8, 4) is 0 Å². The highest BCUT2D eigenvalue weighted by Gasteiger charge is 2.34. The Morgan fingerprint density at radius 1 is 1.43 bits per heavy atom. The molecule has 21 heavy (non-hydrogen) atoms. The van der Waals surface area contributed by atoms with Gasteiger partial charge in [0.15, 0.2) is 0 Å². The molecule has 0 fully saturated rings. The molecule has 0 bridgehead atoms. The zero-order valence-electron chi connectivity index (χ0n) is 11.0. The first-order valence-electron chi connectivity index (χ1n) is 5.62. The zero-order valence-corrected chi connectivity index (χ0v) is 11.8. The highest BCUT2D eigenvalue weighted by molar-refractivity contribution is 7.92. The summed E-state index contributed by atoms with van der Waals surface area (Å²) in [6.45, 7) is -0.0903. The van der Waals surface area contributed by atoms with Crippen molar-refractivity contribution in [2.24, 2.45) is 5.73 Å². The molecule has 0 amide bonds. The molecule has 0 spiro atoms. The molecule has 118 valence electrons. The van der Waals surface area contributed by atoms with Gasteiger partial charge in [-0.25, -0.2) is 8.42 Å². The van der Waals surface area contributed by atoms with Crippen LogP contribution in [-0.4, -0.2) is 33.7 Å². The number of amidine groups is 1. The van der Waals surface area contributed by atoms with Crippen molar-refractivity contribution in [1.29, 1.82) is 5.41 Å². The first-order valence-corrected chi connectivity index (χ1v) is 7.27. The van der Waals surface area contributed by atoms with E-state index in [9.17, 15) is 21.6 Å². The molecule has 0 saturated carbocycles. The summed E-state index contributed by atoms with van der Waals surface area (Å²) in [5.74, 6) is -1.14. The minimum Gasteiger partial charge on any atom is -0.384 e. The first kappa shape index (κ1) is 17.2. The SMILES string of the molecule is COCCS(=O)(=O)Nc1ccc(C(=N)N)c(C(F)(F)F)c1. The summed E-state index contributed by atoms with van der Waals surface area (Å²) >= 11 is 0. The van der Waals surface area contributed by atoms with Crippen molar-refractivity contribution in [2.75, 3.05) is 24.2 Å². The Bertz CT molecular complexity index is 629. The number of halogens is 3. The normalized spacial score (nSPS) is 12.2. The van der Waals surface area contributed by atoms with Crippen LogP contribution in [0.1, 0.15) is 11.1 Å². The second-order valence-corrected chi connectivity index (χ2v) is 5.93. The number of hydrogen-bond donors (Lipinski definition) is 3. The van der Waals surface area contributed by atoms with Crippen molar-refractivity contribution in [3.63, 3.8) is 0 Å². The number of benzene rings is 1. The lowest BCUT2D eigenvalue weighted by Crippen LogP contribution is -2.22. The minimum absolute atomic E-state index is 0.0903. The summed E-state index contributed by atoms with van der Waals surface area (Å²) < 4.78 is 68.4. The average Bonchev–Trinajstić information content (AvgIpc) is 2.34. The highest BCUT2D eigenvalue weighted by atomic mass is 32.2. The number of rotatable bonds is 6. The Morgan fingerprint density at radius 3 is 2.52 bits per heavy atom. The molecule has 0 unspecified atom stereocenters. The van der Waals surface area contributed by atoms with E-state index < -0.39 is 33.2 Å². The number of sulfonamides is 1. The van der Waals surface area contributed by atoms with Crippen molar-refractivity contribution in [1.82, 2.24) is 0 Å². The third-order valence-corrected chi connectivity index (χ3v) is 3.70. The Kier molecular flexibility index (Phi) is 5.18. The largest absolute Gasteiger partial charge is 0.417 e. The molecule has 4 N–H and O–H groups in total. The number of ether oxygens (including phenoxy) is 1. The molecular formula is C11H14F3N3O3S. The molecule has 0 atom stereocenters. The van der Waals surface area contributed by atoms with Crippen LogP contribution in [0, 0.1) is 5.41 Å². The summed E-state index contributed by atoms with van der Waals surface area (Å²) in [4.78, 5) is 0. The number of alkyl halides is 3. The molecule has 10 heteroatoms. The van der Waals surface area contributed by atoms with Crippen LogP contribution >= 0.6 is 0 Å². The summed E-state index contributed by atoms with van der Waals surface area (Å²) in [7, 11) is -2.51. The quantitative estimate of drug-likeness (QED) is 0.543. The molecule has 0 radical (unpaired) electrons. The predicted molar refractivity (Wildman–Crippen MR) is 71.7 cm³/mol. The maximum atomic E-state index is 12.9. The maximum absolute atomic E-state index is 12.9. The molecule has 0 aliphatic heterocycles. The molecule has 1 aromatic carbocycles. The van der Waals surface area contributed by atoms with E-state index in [2.05, 4.69) is 4.74 Å². The second kappa shape index (κ2) is 6.31. The van der Waals surface area contributed by atoms with Crippen LogP contribution in [0.4, 0.5) is 18.9 Å². The van der Waals surface area contributed by atoms with Crippen LogP contribution < -0.4 is 10.5 Å². The first-order chi connectivity index (χ1) is 9.57. The monoisotopic (exact) mass is 325 g/mol. The van der Waals surface area contributed by atoms with Gasteiger partial charge in [-0.05, 0) is 18.2 Å². The molecule has 1 aromatic rings. The number of nitrogens with one attached hydrogen (secondary N) is 2. The van der Waals surface area contributed by atoms with Gasteiger partial charge in [-0.15, -0.1) is 0 Å². The van der Waals surface area contributed by atoms with Crippen LogP contribution in [0.2, 0.25) is 0 Å². The van der Waals surface area contributed by atoms with Gasteiger partial charge in [-0.3, -0.25) is 10.1 Å². The lowest BCUT2D eigenvalue weighted by molar-refractivity contribution is -0.137. The summed E-state index contributed by atoms with van der Waals surface area (Å²) in [6, 6.07) is 2.65. The van der Waals surface area contributed by atoms with Gasteiger partial charge in [-0.1, -0.05) is 0 Å². The summed E-state index contributed by atoms with van der Waals surface area (Å²) in [5, 5.41) is 7.12. The van der Waals surface area contributed by atoms with Gasteiger partial charge in [0.2, 0.25) is 10.0 Å². The lowest BCUT2D eigenvalue weighted by atomic mass is 10.1. The summed E-state index contributed by atoms with van der Waals surface area (Å²) in [6.07, 6.45) is -4.75. The minimum atomic E-state index is -4.75. The van der Waals surface area contributed by atoms with Gasteiger partial charge < -0.3 is 10.5 Å². The van der Waals surface area contributed by atoms with E-state index in [0.717, 1.165) is 12.1 Å². The van der Waals surface area contributed by atoms with E-state index in [1.54, 1.807) is 0 Å². The average molecular weight is 325 g/mol. The predicted octanol–water partition coefficient (Wildman–Crippen LogP) is 1.38. The van der Waals surface area contributed by atoms with E-state index in [1.807, 2.05) is 4.72 Å². The number of anilines is 1. The Labute approximate surface area is 119 Å². The third-order valence-electron chi connectivity index (χ3n) is 2.44. The number of methoxy groups -OCH3 is 1.